The molecule has 3 rings (SSSR count). The van der Waals surface area contributed by atoms with Crippen molar-refractivity contribution in [2.75, 3.05) is 36.5 Å². The van der Waals surface area contributed by atoms with Gasteiger partial charge in [-0.05, 0) is 30.7 Å². The molecule has 0 spiro atoms. The summed E-state index contributed by atoms with van der Waals surface area (Å²) in [6.45, 7) is 3.20. The van der Waals surface area contributed by atoms with Crippen LogP contribution in [0.15, 0.2) is 48.5 Å². The van der Waals surface area contributed by atoms with Crippen LogP contribution >= 0.6 is 0 Å². The topological polar surface area (TPSA) is 24.5 Å². The van der Waals surface area contributed by atoms with E-state index in [-0.39, 0.29) is 5.82 Å². The van der Waals surface area contributed by atoms with Crippen molar-refractivity contribution in [2.45, 2.75) is 6.42 Å². The molecule has 0 aliphatic carbocycles. The van der Waals surface area contributed by atoms with E-state index >= 15 is 0 Å². The van der Waals surface area contributed by atoms with Gasteiger partial charge in [-0.1, -0.05) is 24.3 Å². The fourth-order valence-electron chi connectivity index (χ4n) is 2.56. The van der Waals surface area contributed by atoms with Gasteiger partial charge in [0.2, 0.25) is 0 Å². The van der Waals surface area contributed by atoms with Crippen molar-refractivity contribution in [3.63, 3.8) is 0 Å². The second kappa shape index (κ2) is 6.48. The average Bonchev–Trinajstić information content (AvgIpc) is 2.72. The third-order valence-corrected chi connectivity index (χ3v) is 3.61. The van der Waals surface area contributed by atoms with Gasteiger partial charge in [0.1, 0.15) is 11.6 Å². The molecule has 1 aliphatic heterocycles. The third kappa shape index (κ3) is 3.27. The van der Waals surface area contributed by atoms with E-state index in [9.17, 15) is 4.39 Å². The smallest absolute Gasteiger partial charge is 0.146 e. The lowest BCUT2D eigenvalue weighted by Crippen LogP contribution is -2.29. The summed E-state index contributed by atoms with van der Waals surface area (Å²) in [5, 5.41) is 3.15. The SMILES string of the molecule is Fc1ccccc1NCCN1CCCOc2ccccc21. The minimum atomic E-state index is -0.211. The first-order valence-electron chi connectivity index (χ1n) is 7.30. The molecule has 21 heavy (non-hydrogen) atoms. The van der Waals surface area contributed by atoms with E-state index in [0.717, 1.165) is 37.6 Å². The first kappa shape index (κ1) is 13.7. The molecule has 1 N–H and O–H groups in total. The van der Waals surface area contributed by atoms with Gasteiger partial charge >= 0.3 is 0 Å². The molecule has 0 bridgehead atoms. The quantitative estimate of drug-likeness (QED) is 0.930. The molecule has 0 amide bonds. The van der Waals surface area contributed by atoms with E-state index in [1.54, 1.807) is 12.1 Å². The Kier molecular flexibility index (Phi) is 4.24. The second-order valence-electron chi connectivity index (χ2n) is 5.06. The Morgan fingerprint density at radius 2 is 1.90 bits per heavy atom. The monoisotopic (exact) mass is 286 g/mol. The maximum Gasteiger partial charge on any atom is 0.146 e. The van der Waals surface area contributed by atoms with Crippen LogP contribution in [0, 0.1) is 5.82 Å². The first-order valence-corrected chi connectivity index (χ1v) is 7.30. The lowest BCUT2D eigenvalue weighted by Gasteiger charge is -2.24. The van der Waals surface area contributed by atoms with Crippen LogP contribution in [0.25, 0.3) is 0 Å². The summed E-state index contributed by atoms with van der Waals surface area (Å²) in [5.74, 6) is 0.720. The van der Waals surface area contributed by atoms with Crippen molar-refractivity contribution in [1.82, 2.24) is 0 Å². The normalized spacial score (nSPS) is 14.0. The molecule has 0 fully saturated rings. The fraction of sp³-hybridized carbons (Fsp3) is 0.294. The van der Waals surface area contributed by atoms with Gasteiger partial charge in [0.15, 0.2) is 0 Å². The summed E-state index contributed by atoms with van der Waals surface area (Å²) < 4.78 is 19.3. The summed E-state index contributed by atoms with van der Waals surface area (Å²) >= 11 is 0. The summed E-state index contributed by atoms with van der Waals surface area (Å²) in [6, 6.07) is 14.8. The number of nitrogens with zero attached hydrogens (tertiary/aromatic N) is 1. The minimum Gasteiger partial charge on any atom is -0.491 e. The number of hydrogen-bond donors (Lipinski definition) is 1. The van der Waals surface area contributed by atoms with Crippen molar-refractivity contribution < 1.29 is 9.13 Å². The largest absolute Gasteiger partial charge is 0.491 e. The lowest BCUT2D eigenvalue weighted by atomic mass is 10.2. The molecule has 3 nitrogen and oxygen atoms in total. The van der Waals surface area contributed by atoms with Crippen molar-refractivity contribution in [3.05, 3.63) is 54.3 Å². The van der Waals surface area contributed by atoms with Crippen molar-refractivity contribution >= 4 is 11.4 Å². The Morgan fingerprint density at radius 3 is 2.81 bits per heavy atom. The standard InChI is InChI=1S/C17H19FN2O/c18-14-6-1-2-7-15(14)19-10-12-20-11-5-13-21-17-9-4-3-8-16(17)20/h1-4,6-9,19H,5,10-13H2. The van der Waals surface area contributed by atoms with E-state index in [4.69, 9.17) is 4.74 Å². The van der Waals surface area contributed by atoms with Gasteiger partial charge in [-0.25, -0.2) is 4.39 Å². The predicted octanol–water partition coefficient (Wildman–Crippen LogP) is 3.53. The van der Waals surface area contributed by atoms with Gasteiger partial charge in [0.25, 0.3) is 0 Å². The number of benzene rings is 2. The lowest BCUT2D eigenvalue weighted by molar-refractivity contribution is 0.322. The molecule has 0 saturated carbocycles. The molecule has 2 aromatic rings. The highest BCUT2D eigenvalue weighted by Crippen LogP contribution is 2.30. The molecule has 0 aromatic heterocycles. The molecule has 4 heteroatoms. The Balaban J connectivity index is 1.64. The molecule has 2 aromatic carbocycles. The van der Waals surface area contributed by atoms with Crippen LogP contribution in [0.1, 0.15) is 6.42 Å². The van der Waals surface area contributed by atoms with Gasteiger partial charge in [-0.2, -0.15) is 0 Å². The number of fused-ring (bicyclic) bond motifs is 1. The van der Waals surface area contributed by atoms with E-state index in [0.29, 0.717) is 12.2 Å². The van der Waals surface area contributed by atoms with Gasteiger partial charge < -0.3 is 15.0 Å². The van der Waals surface area contributed by atoms with Gasteiger partial charge in [-0.15, -0.1) is 0 Å². The zero-order valence-corrected chi connectivity index (χ0v) is 11.9. The van der Waals surface area contributed by atoms with E-state index in [1.807, 2.05) is 24.3 Å². The molecule has 0 atom stereocenters. The summed E-state index contributed by atoms with van der Waals surface area (Å²) in [5.41, 5.74) is 1.67. The maximum atomic E-state index is 13.6. The van der Waals surface area contributed by atoms with Crippen LogP contribution in [-0.4, -0.2) is 26.2 Å². The van der Waals surface area contributed by atoms with E-state index < -0.39 is 0 Å². The van der Waals surface area contributed by atoms with Crippen LogP contribution in [0.2, 0.25) is 0 Å². The summed E-state index contributed by atoms with van der Waals surface area (Å²) in [6.07, 6.45) is 0.994. The van der Waals surface area contributed by atoms with Crippen molar-refractivity contribution in [3.8, 4) is 5.75 Å². The number of ether oxygens (including phenoxy) is 1. The highest BCUT2D eigenvalue weighted by molar-refractivity contribution is 5.59. The van der Waals surface area contributed by atoms with E-state index in [2.05, 4.69) is 16.3 Å². The van der Waals surface area contributed by atoms with E-state index in [1.165, 1.54) is 6.07 Å². The van der Waals surface area contributed by atoms with Crippen molar-refractivity contribution in [2.24, 2.45) is 0 Å². The second-order valence-corrected chi connectivity index (χ2v) is 5.06. The highest BCUT2D eigenvalue weighted by atomic mass is 19.1. The predicted molar refractivity (Wildman–Crippen MR) is 83.7 cm³/mol. The zero-order valence-electron chi connectivity index (χ0n) is 11.9. The number of para-hydroxylation sites is 3. The molecular weight excluding hydrogens is 267 g/mol. The van der Waals surface area contributed by atoms with Crippen LogP contribution in [0.5, 0.6) is 5.75 Å². The van der Waals surface area contributed by atoms with Crippen LogP contribution in [0.3, 0.4) is 0 Å². The third-order valence-electron chi connectivity index (χ3n) is 3.61. The van der Waals surface area contributed by atoms with Gasteiger partial charge in [-0.3, -0.25) is 0 Å². The van der Waals surface area contributed by atoms with Gasteiger partial charge in [0.05, 0.1) is 18.0 Å². The number of hydrogen-bond acceptors (Lipinski definition) is 3. The Morgan fingerprint density at radius 1 is 1.10 bits per heavy atom. The summed E-state index contributed by atoms with van der Waals surface area (Å²) in [4.78, 5) is 2.29. The molecule has 0 unspecified atom stereocenters. The maximum absolute atomic E-state index is 13.6. The molecule has 0 radical (unpaired) electrons. The molecule has 1 aliphatic rings. The number of nitrogens with one attached hydrogen (secondary N) is 1. The molecule has 1 heterocycles. The number of anilines is 2. The number of rotatable bonds is 4. The van der Waals surface area contributed by atoms with Crippen molar-refractivity contribution in [1.29, 1.82) is 0 Å². The fourth-order valence-corrected chi connectivity index (χ4v) is 2.56. The Labute approximate surface area is 124 Å². The first-order chi connectivity index (χ1) is 10.3. The van der Waals surface area contributed by atoms with Gasteiger partial charge in [0, 0.05) is 19.6 Å². The van der Waals surface area contributed by atoms with Crippen LogP contribution in [-0.2, 0) is 0 Å². The Bertz CT molecular complexity index is 603. The highest BCUT2D eigenvalue weighted by Gasteiger charge is 2.15. The summed E-state index contributed by atoms with van der Waals surface area (Å²) in [7, 11) is 0. The Hall–Kier alpha value is -2.23. The average molecular weight is 286 g/mol. The van der Waals surface area contributed by atoms with Crippen LogP contribution in [0.4, 0.5) is 15.8 Å². The van der Waals surface area contributed by atoms with Crippen LogP contribution < -0.4 is 15.0 Å². The molecular formula is C17H19FN2O. The number of halogens is 1. The minimum absolute atomic E-state index is 0.211. The zero-order chi connectivity index (χ0) is 14.5. The molecule has 0 saturated heterocycles. The molecule has 110 valence electrons.